The Hall–Kier alpha value is -0.850. The molecule has 2 rings (SSSR count). The Morgan fingerprint density at radius 3 is 2.55 bits per heavy atom. The number of carbonyl (C=O) groups is 1. The Morgan fingerprint density at radius 1 is 1.15 bits per heavy atom. The van der Waals surface area contributed by atoms with Gasteiger partial charge in [0, 0.05) is 15.1 Å². The molecule has 0 saturated carbocycles. The van der Waals surface area contributed by atoms with E-state index in [0.717, 1.165) is 10.5 Å². The smallest absolute Gasteiger partial charge is 0.336 e. The van der Waals surface area contributed by atoms with Crippen LogP contribution in [0.25, 0.3) is 0 Å². The third kappa shape index (κ3) is 3.84. The highest BCUT2D eigenvalue weighted by molar-refractivity contribution is 9.10. The van der Waals surface area contributed by atoms with Crippen LogP contribution in [0, 0.1) is 5.82 Å². The van der Waals surface area contributed by atoms with E-state index in [1.54, 1.807) is 24.3 Å². The van der Waals surface area contributed by atoms with Crippen LogP contribution in [0.4, 0.5) is 4.39 Å². The topological polar surface area (TPSA) is 37.3 Å². The minimum Gasteiger partial charge on any atom is -0.478 e. The minimum absolute atomic E-state index is 0.232. The minimum atomic E-state index is -0.969. The van der Waals surface area contributed by atoms with E-state index in [4.69, 9.17) is 5.11 Å². The van der Waals surface area contributed by atoms with Gasteiger partial charge in [0.05, 0.1) is 10.0 Å². The summed E-state index contributed by atoms with van der Waals surface area (Å²) in [4.78, 5) is 11.9. The van der Waals surface area contributed by atoms with Gasteiger partial charge in [0.15, 0.2) is 0 Å². The van der Waals surface area contributed by atoms with Gasteiger partial charge in [0.1, 0.15) is 5.82 Å². The molecule has 0 radical (unpaired) electrons. The van der Waals surface area contributed by atoms with Crippen LogP contribution in [-0.4, -0.2) is 11.1 Å². The maximum absolute atomic E-state index is 13.1. The SMILES string of the molecule is O=C(O)c1cc(SCc2ccc(F)c(Br)c2)ccc1Br. The van der Waals surface area contributed by atoms with Crippen LogP contribution < -0.4 is 0 Å². The predicted molar refractivity (Wildman–Crippen MR) is 84.8 cm³/mol. The summed E-state index contributed by atoms with van der Waals surface area (Å²) in [5.41, 5.74) is 1.19. The Bertz CT molecular complexity index is 662. The zero-order valence-electron chi connectivity index (χ0n) is 10.1. The molecule has 2 nitrogen and oxygen atoms in total. The highest BCUT2D eigenvalue weighted by Gasteiger charge is 2.09. The molecule has 104 valence electrons. The van der Waals surface area contributed by atoms with Gasteiger partial charge in [-0.25, -0.2) is 9.18 Å². The summed E-state index contributed by atoms with van der Waals surface area (Å²) >= 11 is 7.85. The average molecular weight is 420 g/mol. The van der Waals surface area contributed by atoms with Gasteiger partial charge >= 0.3 is 5.97 Å². The fourth-order valence-corrected chi connectivity index (χ4v) is 3.27. The van der Waals surface area contributed by atoms with Crippen molar-refractivity contribution in [2.45, 2.75) is 10.6 Å². The van der Waals surface area contributed by atoms with E-state index >= 15 is 0 Å². The molecule has 0 bridgehead atoms. The lowest BCUT2D eigenvalue weighted by atomic mass is 10.2. The summed E-state index contributed by atoms with van der Waals surface area (Å²) < 4.78 is 14.1. The number of aromatic carboxylic acids is 1. The highest BCUT2D eigenvalue weighted by Crippen LogP contribution is 2.28. The molecular formula is C14H9Br2FO2S. The van der Waals surface area contributed by atoms with E-state index in [-0.39, 0.29) is 11.4 Å². The molecule has 0 fully saturated rings. The van der Waals surface area contributed by atoms with Crippen molar-refractivity contribution in [3.63, 3.8) is 0 Å². The molecule has 0 aliphatic carbocycles. The number of rotatable bonds is 4. The van der Waals surface area contributed by atoms with E-state index in [1.807, 2.05) is 6.07 Å². The number of hydrogen-bond donors (Lipinski definition) is 1. The fourth-order valence-electron chi connectivity index (χ4n) is 1.55. The van der Waals surface area contributed by atoms with Crippen LogP contribution in [0.15, 0.2) is 50.2 Å². The average Bonchev–Trinajstić information content (AvgIpc) is 2.41. The normalized spacial score (nSPS) is 10.6. The van der Waals surface area contributed by atoms with Crippen molar-refractivity contribution < 1.29 is 14.3 Å². The maximum atomic E-state index is 13.1. The van der Waals surface area contributed by atoms with Crippen molar-refractivity contribution in [1.82, 2.24) is 0 Å². The summed E-state index contributed by atoms with van der Waals surface area (Å²) in [6, 6.07) is 10.0. The molecule has 2 aromatic carbocycles. The number of carboxylic acid groups (broad SMARTS) is 1. The van der Waals surface area contributed by atoms with Gasteiger partial charge in [-0.05, 0) is 67.8 Å². The standard InChI is InChI=1S/C14H9Br2FO2S/c15-11-3-2-9(6-10(11)14(18)19)20-7-8-1-4-13(17)12(16)5-8/h1-6H,7H2,(H,18,19). The maximum Gasteiger partial charge on any atom is 0.336 e. The molecule has 0 aliphatic heterocycles. The van der Waals surface area contributed by atoms with Crippen molar-refractivity contribution in [3.05, 3.63) is 62.3 Å². The summed E-state index contributed by atoms with van der Waals surface area (Å²) in [5.74, 6) is -0.626. The van der Waals surface area contributed by atoms with Crippen LogP contribution in [0.1, 0.15) is 15.9 Å². The molecule has 0 aliphatic rings. The second-order valence-corrected chi connectivity index (χ2v) is 6.74. The first-order valence-corrected chi connectivity index (χ1v) is 8.14. The number of benzene rings is 2. The fraction of sp³-hybridized carbons (Fsp3) is 0.0714. The molecule has 0 spiro atoms. The highest BCUT2D eigenvalue weighted by atomic mass is 79.9. The van der Waals surface area contributed by atoms with Gasteiger partial charge in [0.25, 0.3) is 0 Å². The summed E-state index contributed by atoms with van der Waals surface area (Å²) in [6.45, 7) is 0. The lowest BCUT2D eigenvalue weighted by molar-refractivity contribution is 0.0695. The van der Waals surface area contributed by atoms with Gasteiger partial charge < -0.3 is 5.11 Å². The van der Waals surface area contributed by atoms with E-state index in [1.165, 1.54) is 17.8 Å². The molecular weight excluding hydrogens is 411 g/mol. The Morgan fingerprint density at radius 2 is 1.90 bits per heavy atom. The van der Waals surface area contributed by atoms with Gasteiger partial charge in [-0.2, -0.15) is 0 Å². The first kappa shape index (κ1) is 15.5. The van der Waals surface area contributed by atoms with Crippen LogP contribution in [0.3, 0.4) is 0 Å². The van der Waals surface area contributed by atoms with E-state index < -0.39 is 5.97 Å². The number of thioether (sulfide) groups is 1. The molecule has 0 amide bonds. The van der Waals surface area contributed by atoms with Crippen molar-refractivity contribution in [2.24, 2.45) is 0 Å². The van der Waals surface area contributed by atoms with Crippen LogP contribution in [0.5, 0.6) is 0 Å². The summed E-state index contributed by atoms with van der Waals surface area (Å²) in [7, 11) is 0. The van der Waals surface area contributed by atoms with Gasteiger partial charge in [-0.15, -0.1) is 11.8 Å². The van der Waals surface area contributed by atoms with Crippen LogP contribution in [0.2, 0.25) is 0 Å². The summed E-state index contributed by atoms with van der Waals surface area (Å²) in [5, 5.41) is 9.06. The molecule has 6 heteroatoms. The molecule has 1 N–H and O–H groups in total. The van der Waals surface area contributed by atoms with Crippen molar-refractivity contribution in [3.8, 4) is 0 Å². The van der Waals surface area contributed by atoms with Crippen molar-refractivity contribution >= 4 is 49.6 Å². The predicted octanol–water partition coefficient (Wildman–Crippen LogP) is 5.34. The Kier molecular flexibility index (Phi) is 5.23. The van der Waals surface area contributed by atoms with Crippen molar-refractivity contribution in [2.75, 3.05) is 0 Å². The first-order valence-electron chi connectivity index (χ1n) is 5.57. The van der Waals surface area contributed by atoms with Gasteiger partial charge in [-0.1, -0.05) is 6.07 Å². The monoisotopic (exact) mass is 418 g/mol. The quantitative estimate of drug-likeness (QED) is 0.679. The molecule has 0 saturated heterocycles. The first-order chi connectivity index (χ1) is 9.47. The molecule has 2 aromatic rings. The molecule has 0 atom stereocenters. The molecule has 0 heterocycles. The number of halogens is 3. The molecule has 0 unspecified atom stereocenters. The van der Waals surface area contributed by atoms with Crippen molar-refractivity contribution in [1.29, 1.82) is 0 Å². The Labute approximate surface area is 136 Å². The second-order valence-electron chi connectivity index (χ2n) is 3.98. The van der Waals surface area contributed by atoms with Crippen LogP contribution >= 0.6 is 43.6 Å². The lowest BCUT2D eigenvalue weighted by Crippen LogP contribution is -1.97. The summed E-state index contributed by atoms with van der Waals surface area (Å²) in [6.07, 6.45) is 0. The number of hydrogen-bond acceptors (Lipinski definition) is 2. The second kappa shape index (κ2) is 6.74. The zero-order valence-corrected chi connectivity index (χ0v) is 14.1. The van der Waals surface area contributed by atoms with E-state index in [0.29, 0.717) is 14.7 Å². The molecule has 20 heavy (non-hydrogen) atoms. The number of carboxylic acids is 1. The third-order valence-corrected chi connectivity index (χ3v) is 4.92. The lowest BCUT2D eigenvalue weighted by Gasteiger charge is -2.06. The van der Waals surface area contributed by atoms with Gasteiger partial charge in [-0.3, -0.25) is 0 Å². The third-order valence-electron chi connectivity index (χ3n) is 2.56. The molecule has 0 aromatic heterocycles. The van der Waals surface area contributed by atoms with Crippen LogP contribution in [-0.2, 0) is 5.75 Å². The Balaban J connectivity index is 2.12. The largest absolute Gasteiger partial charge is 0.478 e. The zero-order chi connectivity index (χ0) is 14.7. The van der Waals surface area contributed by atoms with E-state index in [2.05, 4.69) is 31.9 Å². The van der Waals surface area contributed by atoms with E-state index in [9.17, 15) is 9.18 Å². The van der Waals surface area contributed by atoms with Gasteiger partial charge in [0.2, 0.25) is 0 Å².